The number of aromatic nitrogens is 2. The van der Waals surface area contributed by atoms with Crippen LogP contribution in [0.1, 0.15) is 48.3 Å². The highest BCUT2D eigenvalue weighted by Gasteiger charge is 2.17. The van der Waals surface area contributed by atoms with Crippen LogP contribution in [-0.2, 0) is 24.3 Å². The average Bonchev–Trinajstić information content (AvgIpc) is 2.93. The van der Waals surface area contributed by atoms with E-state index in [2.05, 4.69) is 30.6 Å². The molecule has 0 aliphatic carbocycles. The number of aryl methyl sites for hydroxylation is 2. The van der Waals surface area contributed by atoms with Gasteiger partial charge in [0.15, 0.2) is 11.5 Å². The number of ether oxygens (including phenoxy) is 2. The van der Waals surface area contributed by atoms with Gasteiger partial charge in [-0.15, -0.1) is 0 Å². The van der Waals surface area contributed by atoms with Crippen LogP contribution in [0.2, 0.25) is 0 Å². The number of carbonyl (C=O) groups is 1. The number of rotatable bonds is 9. The van der Waals surface area contributed by atoms with Gasteiger partial charge in [-0.1, -0.05) is 13.8 Å². The van der Waals surface area contributed by atoms with E-state index in [0.717, 1.165) is 23.4 Å². The monoisotopic (exact) mass is 401 g/mol. The van der Waals surface area contributed by atoms with Gasteiger partial charge in [-0.25, -0.2) is 0 Å². The molecule has 0 aliphatic rings. The number of amides is 1. The minimum absolute atomic E-state index is 0.120. The Kier molecular flexibility index (Phi) is 7.71. The minimum atomic E-state index is 0.120. The van der Waals surface area contributed by atoms with Crippen LogP contribution in [0, 0.1) is 26.7 Å². The lowest BCUT2D eigenvalue weighted by Crippen LogP contribution is -2.26. The largest absolute Gasteiger partial charge is 0.493 e. The lowest BCUT2D eigenvalue weighted by Gasteiger charge is -2.20. The zero-order chi connectivity index (χ0) is 21.7. The summed E-state index contributed by atoms with van der Waals surface area (Å²) in [7, 11) is 5.09. The Balaban J connectivity index is 2.04. The van der Waals surface area contributed by atoms with Crippen LogP contribution in [0.5, 0.6) is 11.5 Å². The maximum Gasteiger partial charge on any atom is 0.222 e. The molecule has 1 amide bonds. The van der Waals surface area contributed by atoms with Gasteiger partial charge in [0.25, 0.3) is 0 Å². The zero-order valence-electron chi connectivity index (χ0n) is 19.1. The second kappa shape index (κ2) is 9.81. The van der Waals surface area contributed by atoms with Crippen molar-refractivity contribution in [3.63, 3.8) is 0 Å². The van der Waals surface area contributed by atoms with Crippen molar-refractivity contribution in [2.24, 2.45) is 5.92 Å². The Morgan fingerprint density at radius 1 is 1.14 bits per heavy atom. The van der Waals surface area contributed by atoms with Crippen LogP contribution in [0.3, 0.4) is 0 Å². The van der Waals surface area contributed by atoms with Crippen LogP contribution in [0.25, 0.3) is 0 Å². The van der Waals surface area contributed by atoms with E-state index in [1.54, 1.807) is 19.1 Å². The molecule has 0 saturated carbocycles. The molecule has 0 aliphatic heterocycles. The van der Waals surface area contributed by atoms with Crippen molar-refractivity contribution in [2.45, 2.75) is 60.5 Å². The first-order valence-corrected chi connectivity index (χ1v) is 10.2. The highest BCUT2D eigenvalue weighted by Crippen LogP contribution is 2.30. The van der Waals surface area contributed by atoms with Gasteiger partial charge in [-0.2, -0.15) is 5.10 Å². The van der Waals surface area contributed by atoms with Gasteiger partial charge in [-0.3, -0.25) is 9.48 Å². The molecule has 0 atom stereocenters. The predicted molar refractivity (Wildman–Crippen MR) is 116 cm³/mol. The fourth-order valence-electron chi connectivity index (χ4n) is 3.58. The van der Waals surface area contributed by atoms with Crippen molar-refractivity contribution in [3.8, 4) is 11.5 Å². The minimum Gasteiger partial charge on any atom is -0.493 e. The van der Waals surface area contributed by atoms with Crippen LogP contribution < -0.4 is 9.47 Å². The van der Waals surface area contributed by atoms with Crippen molar-refractivity contribution in [3.05, 3.63) is 40.2 Å². The van der Waals surface area contributed by atoms with Crippen LogP contribution in [0.15, 0.2) is 12.1 Å². The first-order chi connectivity index (χ1) is 13.7. The summed E-state index contributed by atoms with van der Waals surface area (Å²) in [5, 5.41) is 4.65. The number of carbonyl (C=O) groups excluding carboxylic acids is 1. The maximum absolute atomic E-state index is 12.8. The highest BCUT2D eigenvalue weighted by molar-refractivity contribution is 5.76. The molecular formula is C23H35N3O3. The zero-order valence-corrected chi connectivity index (χ0v) is 19.1. The standard InChI is InChI=1S/C23H35N3O3/c1-15(2)13-26-18(5)20(17(4)24-26)9-10-23(27)25(6)14-19-12-22(29-8)21(28-7)11-16(19)3/h11-12,15H,9-10,13-14H2,1-8H3. The molecule has 1 aromatic carbocycles. The summed E-state index contributed by atoms with van der Waals surface area (Å²) in [6.07, 6.45) is 1.18. The molecule has 0 radical (unpaired) electrons. The molecule has 0 unspecified atom stereocenters. The van der Waals surface area contributed by atoms with E-state index in [1.165, 1.54) is 11.3 Å². The van der Waals surface area contributed by atoms with Gasteiger partial charge in [0.2, 0.25) is 5.91 Å². The molecule has 6 nitrogen and oxygen atoms in total. The van der Waals surface area contributed by atoms with Gasteiger partial charge < -0.3 is 14.4 Å². The molecule has 0 bridgehead atoms. The predicted octanol–water partition coefficient (Wildman–Crippen LogP) is 4.07. The maximum atomic E-state index is 12.8. The normalized spacial score (nSPS) is 11.1. The summed E-state index contributed by atoms with van der Waals surface area (Å²) in [5.41, 5.74) is 5.51. The van der Waals surface area contributed by atoms with Crippen molar-refractivity contribution >= 4 is 5.91 Å². The van der Waals surface area contributed by atoms with E-state index in [1.807, 2.05) is 33.0 Å². The molecule has 1 heterocycles. The van der Waals surface area contributed by atoms with E-state index in [0.29, 0.717) is 36.8 Å². The summed E-state index contributed by atoms with van der Waals surface area (Å²) in [4.78, 5) is 14.5. The second-order valence-corrected chi connectivity index (χ2v) is 8.11. The Labute approximate surface area is 174 Å². The van der Waals surface area contributed by atoms with Gasteiger partial charge in [0.1, 0.15) is 0 Å². The van der Waals surface area contributed by atoms with Crippen molar-refractivity contribution in [2.75, 3.05) is 21.3 Å². The van der Waals surface area contributed by atoms with E-state index < -0.39 is 0 Å². The summed E-state index contributed by atoms with van der Waals surface area (Å²) >= 11 is 0. The Bertz CT molecular complexity index is 856. The molecule has 160 valence electrons. The van der Waals surface area contributed by atoms with Gasteiger partial charge in [0.05, 0.1) is 19.9 Å². The number of methoxy groups -OCH3 is 2. The first kappa shape index (κ1) is 22.8. The number of nitrogens with zero attached hydrogens (tertiary/aromatic N) is 3. The Morgan fingerprint density at radius 2 is 1.76 bits per heavy atom. The topological polar surface area (TPSA) is 56.6 Å². The molecule has 29 heavy (non-hydrogen) atoms. The summed E-state index contributed by atoms with van der Waals surface area (Å²) in [5.74, 6) is 2.04. The van der Waals surface area contributed by atoms with Gasteiger partial charge in [0, 0.05) is 32.3 Å². The lowest BCUT2D eigenvalue weighted by atomic mass is 10.1. The summed E-state index contributed by atoms with van der Waals surface area (Å²) in [6, 6.07) is 3.89. The Morgan fingerprint density at radius 3 is 2.34 bits per heavy atom. The van der Waals surface area contributed by atoms with E-state index in [-0.39, 0.29) is 5.91 Å². The molecule has 0 N–H and O–H groups in total. The quantitative estimate of drug-likeness (QED) is 0.635. The molecule has 2 aromatic rings. The van der Waals surface area contributed by atoms with Crippen LogP contribution in [0.4, 0.5) is 0 Å². The van der Waals surface area contributed by atoms with Gasteiger partial charge in [-0.05, 0) is 61.9 Å². The van der Waals surface area contributed by atoms with Crippen LogP contribution >= 0.6 is 0 Å². The number of benzene rings is 1. The van der Waals surface area contributed by atoms with E-state index in [4.69, 9.17) is 9.47 Å². The second-order valence-electron chi connectivity index (χ2n) is 8.11. The lowest BCUT2D eigenvalue weighted by molar-refractivity contribution is -0.130. The average molecular weight is 402 g/mol. The van der Waals surface area contributed by atoms with E-state index in [9.17, 15) is 4.79 Å². The third-order valence-corrected chi connectivity index (χ3v) is 5.33. The fourth-order valence-corrected chi connectivity index (χ4v) is 3.58. The summed E-state index contributed by atoms with van der Waals surface area (Å²) < 4.78 is 12.8. The molecule has 6 heteroatoms. The SMILES string of the molecule is COc1cc(C)c(CN(C)C(=O)CCc2c(C)nn(CC(C)C)c2C)cc1OC. The smallest absolute Gasteiger partial charge is 0.222 e. The molecule has 2 rings (SSSR count). The fraction of sp³-hybridized carbons (Fsp3) is 0.565. The highest BCUT2D eigenvalue weighted by atomic mass is 16.5. The summed E-state index contributed by atoms with van der Waals surface area (Å²) in [6.45, 7) is 12.0. The van der Waals surface area contributed by atoms with Crippen molar-refractivity contribution < 1.29 is 14.3 Å². The first-order valence-electron chi connectivity index (χ1n) is 10.2. The molecule has 0 fully saturated rings. The number of hydrogen-bond donors (Lipinski definition) is 0. The van der Waals surface area contributed by atoms with Crippen LogP contribution in [-0.4, -0.2) is 41.9 Å². The molecule has 0 spiro atoms. The Hall–Kier alpha value is -2.50. The van der Waals surface area contributed by atoms with Gasteiger partial charge >= 0.3 is 0 Å². The van der Waals surface area contributed by atoms with E-state index >= 15 is 0 Å². The molecular weight excluding hydrogens is 366 g/mol. The number of hydrogen-bond acceptors (Lipinski definition) is 4. The van der Waals surface area contributed by atoms with Crippen molar-refractivity contribution in [1.29, 1.82) is 0 Å². The third kappa shape index (κ3) is 5.52. The molecule has 1 aromatic heterocycles. The third-order valence-electron chi connectivity index (χ3n) is 5.33. The van der Waals surface area contributed by atoms with Crippen molar-refractivity contribution in [1.82, 2.24) is 14.7 Å². The molecule has 0 saturated heterocycles.